The largest absolute Gasteiger partial charge is 0.478 e. The lowest BCUT2D eigenvalue weighted by atomic mass is 10.0. The van der Waals surface area contributed by atoms with Gasteiger partial charge in [-0.15, -0.1) is 0 Å². The number of sulfonamides is 1. The number of carboxylic acids is 1. The topological polar surface area (TPSA) is 74.7 Å². The average Bonchev–Trinajstić information content (AvgIpc) is 2.89. The van der Waals surface area contributed by atoms with Crippen molar-refractivity contribution < 1.29 is 31.5 Å². The van der Waals surface area contributed by atoms with Gasteiger partial charge in [0.15, 0.2) is 0 Å². The molecule has 9 heteroatoms. The van der Waals surface area contributed by atoms with Gasteiger partial charge in [0.2, 0.25) is 0 Å². The second-order valence-electron chi connectivity index (χ2n) is 9.15. The SMILES string of the molecule is CCCCCCCN(c1ccccc1CCc1ccc(C(=O)O)cc1)S(=O)(=O)c1cccc(C(F)(F)F)c1. The highest BCUT2D eigenvalue weighted by molar-refractivity contribution is 7.92. The van der Waals surface area contributed by atoms with E-state index in [-0.39, 0.29) is 12.1 Å². The maximum Gasteiger partial charge on any atom is 0.416 e. The molecule has 0 saturated carbocycles. The van der Waals surface area contributed by atoms with Gasteiger partial charge in [-0.2, -0.15) is 13.2 Å². The molecule has 3 rings (SSSR count). The number of benzene rings is 3. The molecule has 0 atom stereocenters. The summed E-state index contributed by atoms with van der Waals surface area (Å²) in [7, 11) is -4.28. The Morgan fingerprint density at radius 3 is 2.21 bits per heavy atom. The predicted octanol–water partition coefficient (Wildman–Crippen LogP) is 7.35. The van der Waals surface area contributed by atoms with E-state index in [1.807, 2.05) is 6.07 Å². The fraction of sp³-hybridized carbons (Fsp3) is 0.345. The molecule has 0 aliphatic heterocycles. The minimum atomic E-state index is -4.66. The number of aryl methyl sites for hydroxylation is 2. The molecule has 0 unspecified atom stereocenters. The minimum absolute atomic E-state index is 0.145. The first-order chi connectivity index (χ1) is 18.0. The third-order valence-electron chi connectivity index (χ3n) is 6.36. The Hall–Kier alpha value is -3.33. The number of aromatic carboxylic acids is 1. The average molecular weight is 548 g/mol. The number of anilines is 1. The highest BCUT2D eigenvalue weighted by Gasteiger charge is 2.33. The van der Waals surface area contributed by atoms with Crippen LogP contribution in [-0.4, -0.2) is 26.0 Å². The molecule has 0 heterocycles. The lowest BCUT2D eigenvalue weighted by Crippen LogP contribution is -2.33. The van der Waals surface area contributed by atoms with Crippen LogP contribution in [0.2, 0.25) is 0 Å². The number of carbonyl (C=O) groups is 1. The molecule has 3 aromatic rings. The number of unbranched alkanes of at least 4 members (excludes halogenated alkanes) is 4. The van der Waals surface area contributed by atoms with E-state index < -0.39 is 32.6 Å². The standard InChI is InChI=1S/C29H32F3NO4S/c1-2-3-4-5-8-20-33(38(36,37)26-12-9-11-25(21-26)29(30,31)32)27-13-7-6-10-23(27)17-14-22-15-18-24(19-16-22)28(34)35/h6-7,9-13,15-16,18-19,21H,2-5,8,14,17,20H2,1H3,(H,34,35). The van der Waals surface area contributed by atoms with Crippen LogP contribution in [0, 0.1) is 0 Å². The first kappa shape index (κ1) is 29.2. The molecule has 0 aliphatic carbocycles. The van der Waals surface area contributed by atoms with Crippen molar-refractivity contribution in [1.29, 1.82) is 0 Å². The third-order valence-corrected chi connectivity index (χ3v) is 8.17. The molecular weight excluding hydrogens is 515 g/mol. The summed E-state index contributed by atoms with van der Waals surface area (Å²) in [4.78, 5) is 10.7. The fourth-order valence-corrected chi connectivity index (χ4v) is 5.84. The molecule has 5 nitrogen and oxygen atoms in total. The fourth-order valence-electron chi connectivity index (χ4n) is 4.25. The summed E-state index contributed by atoms with van der Waals surface area (Å²) < 4.78 is 68.8. The van der Waals surface area contributed by atoms with Crippen LogP contribution < -0.4 is 4.31 Å². The molecule has 0 radical (unpaired) electrons. The Labute approximate surface area is 222 Å². The first-order valence-corrected chi connectivity index (χ1v) is 14.1. The van der Waals surface area contributed by atoms with Crippen LogP contribution in [0.3, 0.4) is 0 Å². The van der Waals surface area contributed by atoms with E-state index in [0.717, 1.165) is 48.9 Å². The molecule has 3 aromatic carbocycles. The highest BCUT2D eigenvalue weighted by atomic mass is 32.2. The minimum Gasteiger partial charge on any atom is -0.478 e. The van der Waals surface area contributed by atoms with Crippen LogP contribution in [0.5, 0.6) is 0 Å². The van der Waals surface area contributed by atoms with Crippen molar-refractivity contribution in [1.82, 2.24) is 0 Å². The zero-order valence-corrected chi connectivity index (χ0v) is 22.1. The number of hydrogen-bond acceptors (Lipinski definition) is 3. The number of para-hydroxylation sites is 1. The van der Waals surface area contributed by atoms with Gasteiger partial charge < -0.3 is 5.11 Å². The van der Waals surface area contributed by atoms with Gasteiger partial charge in [0.25, 0.3) is 10.0 Å². The van der Waals surface area contributed by atoms with Crippen molar-refractivity contribution in [2.75, 3.05) is 10.8 Å². The van der Waals surface area contributed by atoms with Gasteiger partial charge in [-0.25, -0.2) is 13.2 Å². The molecule has 0 aliphatic rings. The Bertz CT molecular complexity index is 1320. The molecule has 0 saturated heterocycles. The van der Waals surface area contributed by atoms with Gasteiger partial charge in [0, 0.05) is 6.54 Å². The van der Waals surface area contributed by atoms with E-state index in [1.165, 1.54) is 22.5 Å². The molecule has 0 aromatic heterocycles. The van der Waals surface area contributed by atoms with Gasteiger partial charge in [0.1, 0.15) is 0 Å². The smallest absolute Gasteiger partial charge is 0.416 e. The zero-order valence-electron chi connectivity index (χ0n) is 21.2. The summed E-state index contributed by atoms with van der Waals surface area (Å²) in [6.45, 7) is 2.22. The van der Waals surface area contributed by atoms with E-state index >= 15 is 0 Å². The molecule has 1 N–H and O–H groups in total. The van der Waals surface area contributed by atoms with Crippen molar-refractivity contribution >= 4 is 21.7 Å². The van der Waals surface area contributed by atoms with Gasteiger partial charge in [-0.05, 0) is 66.8 Å². The van der Waals surface area contributed by atoms with Crippen molar-refractivity contribution in [3.8, 4) is 0 Å². The Morgan fingerprint density at radius 2 is 1.55 bits per heavy atom. The highest BCUT2D eigenvalue weighted by Crippen LogP contribution is 2.33. The molecule has 0 bridgehead atoms. The summed E-state index contributed by atoms with van der Waals surface area (Å²) in [6.07, 6.45) is 0.717. The van der Waals surface area contributed by atoms with Gasteiger partial charge in [-0.1, -0.05) is 69.0 Å². The van der Waals surface area contributed by atoms with Crippen LogP contribution >= 0.6 is 0 Å². The second-order valence-corrected chi connectivity index (χ2v) is 11.0. The van der Waals surface area contributed by atoms with E-state index in [9.17, 15) is 26.4 Å². The number of rotatable bonds is 13. The van der Waals surface area contributed by atoms with Gasteiger partial charge in [0.05, 0.1) is 21.7 Å². The second kappa shape index (κ2) is 13.0. The summed E-state index contributed by atoms with van der Waals surface area (Å²) in [5.74, 6) is -1.02. The van der Waals surface area contributed by atoms with E-state index in [4.69, 9.17) is 5.11 Å². The maximum absolute atomic E-state index is 13.8. The van der Waals surface area contributed by atoms with Crippen LogP contribution in [-0.2, 0) is 29.0 Å². The number of halogens is 3. The normalized spacial score (nSPS) is 11.9. The van der Waals surface area contributed by atoms with E-state index in [2.05, 4.69) is 6.92 Å². The lowest BCUT2D eigenvalue weighted by molar-refractivity contribution is -0.137. The summed E-state index contributed by atoms with van der Waals surface area (Å²) >= 11 is 0. The van der Waals surface area contributed by atoms with E-state index in [1.54, 1.807) is 30.3 Å². The van der Waals surface area contributed by atoms with Gasteiger partial charge in [-0.3, -0.25) is 4.31 Å². The van der Waals surface area contributed by atoms with Crippen LogP contribution in [0.1, 0.15) is 66.1 Å². The monoisotopic (exact) mass is 547 g/mol. The number of carboxylic acid groups (broad SMARTS) is 1. The molecule has 204 valence electrons. The van der Waals surface area contributed by atoms with Crippen molar-refractivity contribution in [3.63, 3.8) is 0 Å². The molecule has 0 amide bonds. The van der Waals surface area contributed by atoms with E-state index in [0.29, 0.717) is 31.0 Å². The summed E-state index contributed by atoms with van der Waals surface area (Å²) in [6, 6.07) is 17.3. The molecular formula is C29H32F3NO4S. The Morgan fingerprint density at radius 1 is 0.868 bits per heavy atom. The van der Waals surface area contributed by atoms with Crippen LogP contribution in [0.15, 0.2) is 77.7 Å². The predicted molar refractivity (Wildman–Crippen MR) is 142 cm³/mol. The van der Waals surface area contributed by atoms with Crippen LogP contribution in [0.25, 0.3) is 0 Å². The Kier molecular flexibility index (Phi) is 9.96. The number of alkyl halides is 3. The van der Waals surface area contributed by atoms with Crippen LogP contribution in [0.4, 0.5) is 18.9 Å². The van der Waals surface area contributed by atoms with Gasteiger partial charge >= 0.3 is 12.1 Å². The van der Waals surface area contributed by atoms with Crippen molar-refractivity contribution in [2.24, 2.45) is 0 Å². The number of nitrogens with zero attached hydrogens (tertiary/aromatic N) is 1. The zero-order chi connectivity index (χ0) is 27.8. The molecule has 38 heavy (non-hydrogen) atoms. The third kappa shape index (κ3) is 7.60. The van der Waals surface area contributed by atoms with Crippen molar-refractivity contribution in [3.05, 3.63) is 95.1 Å². The Balaban J connectivity index is 1.94. The quantitative estimate of drug-likeness (QED) is 0.227. The lowest BCUT2D eigenvalue weighted by Gasteiger charge is -2.27. The molecule has 0 fully saturated rings. The molecule has 0 spiro atoms. The maximum atomic E-state index is 13.8. The summed E-state index contributed by atoms with van der Waals surface area (Å²) in [5.41, 5.74) is 1.22. The summed E-state index contributed by atoms with van der Waals surface area (Å²) in [5, 5.41) is 9.11. The number of hydrogen-bond donors (Lipinski definition) is 1. The first-order valence-electron chi connectivity index (χ1n) is 12.6. The van der Waals surface area contributed by atoms with Crippen molar-refractivity contribution in [2.45, 2.75) is 62.9 Å².